The van der Waals surface area contributed by atoms with Crippen molar-refractivity contribution in [3.63, 3.8) is 0 Å². The van der Waals surface area contributed by atoms with E-state index in [1.165, 1.54) is 81.8 Å². The second kappa shape index (κ2) is 50.9. The van der Waals surface area contributed by atoms with Gasteiger partial charge in [0.25, 0.3) is 0 Å². The minimum atomic E-state index is -2.87. The molecule has 0 radical (unpaired) electrons. The van der Waals surface area contributed by atoms with E-state index >= 15 is 0 Å². The lowest BCUT2D eigenvalue weighted by molar-refractivity contribution is -0.130. The molecule has 7 fully saturated rings. The summed E-state index contributed by atoms with van der Waals surface area (Å²) in [4.78, 5) is 12.3. The SMILES string of the molecule is C=C1/C(=C\C=C2/CCC[C@]3(C)[C@@H]([C@H](C)CCCC(C)(C)O[Si](C)(C)C)CC[C@@H]23)C[C@@H](O[Si](C)(C)C(C)(C)C)C[C@@H]1O[Si](C)(C)C(C)(C)C.C=C1/C(=C\CP(=O)(c2ccccc2)c2ccccc2)C[C@@H](O[Si](C)(C)C(C)(C)C)C[C@@H]1O[Si](C)(C)C(C)(C)C.C=C1/C(=C\CP(=O)(c2ccccc2)c2ccccc2)C[C@@H](O[Si](C)(C)C(C)(C)C)C[C@@H]1O[Si](C)(C)C(C)(C)C.C[C@H](CCCC(C)(C)O[Si](C)(C)C)[C@H]1CC[C@H]2C(=O)CCC[C@]12C. The fraction of sp³-hybridized carbons (Fsp3) is 0.698. The van der Waals surface area contributed by atoms with E-state index in [0.717, 1.165) is 138 Å². The van der Waals surface area contributed by atoms with Crippen LogP contribution in [-0.4, -0.2) is 132 Å². The average Bonchev–Trinajstić information content (AvgIpc) is 1.59. The number of hydrogen-bond donors (Lipinski definition) is 0. The normalized spacial score (nSPS) is 25.9. The molecule has 0 aromatic heterocycles. The Bertz CT molecular complexity index is 5020. The number of carbonyl (C=O) groups excluding carboxylic acids is 1. The summed E-state index contributed by atoms with van der Waals surface area (Å²) in [6, 6.07) is 39.7. The third-order valence-corrected chi connectivity index (χ3v) is 73.8. The number of Topliss-reactive ketones (excluding diaryl/α,β-unsaturated/α-hetero) is 1. The maximum absolute atomic E-state index is 14.7. The van der Waals surface area contributed by atoms with Crippen LogP contribution in [0.5, 0.6) is 0 Å². The van der Waals surface area contributed by atoms with Crippen LogP contribution < -0.4 is 21.2 Å². The topological polar surface area (TPSA) is 125 Å². The molecule has 0 aliphatic heterocycles. The molecule has 0 bridgehead atoms. The van der Waals surface area contributed by atoms with E-state index in [4.69, 9.17) is 42.0 Å². The van der Waals surface area contributed by atoms with Crippen LogP contribution in [0.2, 0.25) is 148 Å². The van der Waals surface area contributed by atoms with Gasteiger partial charge in [-0.25, -0.2) is 0 Å². The second-order valence-electron chi connectivity index (χ2n) is 59.9. The number of hydrogen-bond acceptors (Lipinski definition) is 11. The standard InChI is InChI=1S/C42H80O3Si3.2C33H51O3PSi2.C21H40O2Si/c1-31(21-19-27-41(9,10)45-46(12,13)14)36-25-26-37-33(22-20-28-42(36,37)11)23-24-34-29-35(43-47(15,16)39(3,4)5)30-38(32(34)2)44-48(17,18)40(6,7)8;2*1-26-27(22-23-37(34,29-18-14-12-15-19-29)30-20-16-13-17-21-30)24-28(35-38(8,9)32(2,3)4)25-31(26)36-39(10,11)33(5,6)7;1-16(10-8-14-20(2,3)23-24(5,6)7)17-12-13-18-19(22)11-9-15-21(17,18)4/h23-24,31,35-38H,2,19-22,25-30H2,1,3-18H3;2*12-22,28,31H,1,23-25H2,2-11H3;16-18H,8-15H2,1-7H3/b33-23+,34-24-;2*27-22-;/t31-,35-,36-,37+,38+,42-;2*28-,31+;16-,17-,18+,21-/m1111/s1. The predicted molar refractivity (Wildman–Crippen MR) is 674 cm³/mol. The van der Waals surface area contributed by atoms with Gasteiger partial charge in [0.1, 0.15) is 20.1 Å². The molecule has 7 aliphatic rings. The lowest BCUT2D eigenvalue weighted by atomic mass is 9.60. The number of carbonyl (C=O) groups is 1. The number of rotatable bonds is 35. The van der Waals surface area contributed by atoms with Gasteiger partial charge in [-0.05, 0) is 340 Å². The molecule has 0 spiro atoms. The molecule has 0 saturated heterocycles. The third kappa shape index (κ3) is 35.1. The Morgan fingerprint density at radius 3 is 0.907 bits per heavy atom. The molecule has 11 rings (SSSR count). The van der Waals surface area contributed by atoms with Gasteiger partial charge in [0.15, 0.2) is 66.5 Å². The van der Waals surface area contributed by atoms with Crippen LogP contribution in [0.4, 0.5) is 0 Å². The highest BCUT2D eigenvalue weighted by Crippen LogP contribution is 2.62. The highest BCUT2D eigenvalue weighted by atomic mass is 31.2. The summed E-state index contributed by atoms with van der Waals surface area (Å²) >= 11 is 0. The number of allylic oxidation sites excluding steroid dienone is 5. The van der Waals surface area contributed by atoms with Crippen molar-refractivity contribution in [2.24, 2.45) is 46.3 Å². The first-order valence-corrected chi connectivity index (χ1v) is 86.6. The minimum absolute atomic E-state index is 0.00680. The lowest BCUT2D eigenvalue weighted by Crippen LogP contribution is -2.49. The van der Waals surface area contributed by atoms with E-state index in [0.29, 0.717) is 40.8 Å². The average molecular weight is 2240 g/mol. The molecule has 21 heteroatoms. The first-order chi connectivity index (χ1) is 68.3. The van der Waals surface area contributed by atoms with Crippen LogP contribution in [0.15, 0.2) is 204 Å². The van der Waals surface area contributed by atoms with Crippen molar-refractivity contribution in [1.82, 2.24) is 0 Å². The molecule has 7 aliphatic carbocycles. The molecule has 0 unspecified atom stereocenters. The largest absolute Gasteiger partial charge is 0.413 e. The molecular formula is C129H222O11P2Si8. The van der Waals surface area contributed by atoms with Crippen LogP contribution in [-0.2, 0) is 49.3 Å². The van der Waals surface area contributed by atoms with Gasteiger partial charge in [-0.1, -0.05) is 349 Å². The van der Waals surface area contributed by atoms with Crippen LogP contribution >= 0.6 is 14.3 Å². The third-order valence-electron chi connectivity index (χ3n) is 38.5. The van der Waals surface area contributed by atoms with E-state index in [9.17, 15) is 13.9 Å². The lowest BCUT2D eigenvalue weighted by Gasteiger charge is -2.46. The Morgan fingerprint density at radius 1 is 0.360 bits per heavy atom. The van der Waals surface area contributed by atoms with Gasteiger partial charge >= 0.3 is 0 Å². The Kier molecular flexibility index (Phi) is 44.7. The molecule has 150 heavy (non-hydrogen) atoms. The molecule has 11 nitrogen and oxygen atoms in total. The van der Waals surface area contributed by atoms with Gasteiger partial charge in [0.2, 0.25) is 0 Å². The van der Waals surface area contributed by atoms with E-state index in [1.807, 2.05) is 121 Å². The molecule has 7 saturated carbocycles. The molecular weight excluding hydrogens is 2010 g/mol. The molecule has 846 valence electrons. The summed E-state index contributed by atoms with van der Waals surface area (Å²) in [6.07, 6.45) is 35.3. The van der Waals surface area contributed by atoms with Gasteiger partial charge in [-0.3, -0.25) is 4.79 Å². The predicted octanol–water partition coefficient (Wildman–Crippen LogP) is 37.9. The van der Waals surface area contributed by atoms with E-state index < -0.39 is 80.8 Å². The van der Waals surface area contributed by atoms with Crippen molar-refractivity contribution < 1.29 is 49.3 Å². The molecule has 0 amide bonds. The van der Waals surface area contributed by atoms with Crippen molar-refractivity contribution in [3.8, 4) is 0 Å². The highest BCUT2D eigenvalue weighted by Gasteiger charge is 2.56. The van der Waals surface area contributed by atoms with Crippen molar-refractivity contribution >= 4 is 108 Å². The van der Waals surface area contributed by atoms with E-state index in [2.05, 4.69) is 335 Å². The Balaban J connectivity index is 0.000000249. The minimum Gasteiger partial charge on any atom is -0.413 e. The van der Waals surface area contributed by atoms with Crippen LogP contribution in [0.25, 0.3) is 0 Å². The van der Waals surface area contributed by atoms with E-state index in [1.54, 1.807) is 5.57 Å². The molecule has 4 aromatic rings. The number of ketones is 1. The quantitative estimate of drug-likeness (QED) is 0.0323. The molecule has 14 atom stereocenters. The zero-order valence-corrected chi connectivity index (χ0v) is 114. The fourth-order valence-electron chi connectivity index (χ4n) is 23.8. The van der Waals surface area contributed by atoms with E-state index in [-0.39, 0.29) is 78.1 Å². The zero-order chi connectivity index (χ0) is 113. The smallest absolute Gasteiger partial charge is 0.192 e. The Morgan fingerprint density at radius 2 is 0.620 bits per heavy atom. The van der Waals surface area contributed by atoms with Crippen molar-refractivity contribution in [3.05, 3.63) is 204 Å². The zero-order valence-electron chi connectivity index (χ0n) is 104. The van der Waals surface area contributed by atoms with Crippen molar-refractivity contribution in [2.45, 2.75) is 517 Å². The summed E-state index contributed by atoms with van der Waals surface area (Å²) < 4.78 is 84.5. The molecule has 0 heterocycles. The fourth-order valence-corrected chi connectivity index (χ4v) is 40.4. The maximum atomic E-state index is 14.7. The molecule has 0 N–H and O–H groups in total. The second-order valence-corrected chi connectivity index (χ2v) is 103. The van der Waals surface area contributed by atoms with Crippen molar-refractivity contribution in [2.75, 3.05) is 12.3 Å². The van der Waals surface area contributed by atoms with Crippen LogP contribution in [0, 0.1) is 46.3 Å². The van der Waals surface area contributed by atoms with Gasteiger partial charge in [0, 0.05) is 65.1 Å². The Labute approximate surface area is 930 Å². The van der Waals surface area contributed by atoms with Crippen molar-refractivity contribution in [1.29, 1.82) is 0 Å². The monoisotopic (exact) mass is 2230 g/mol. The van der Waals surface area contributed by atoms with Gasteiger partial charge in [-0.2, -0.15) is 0 Å². The summed E-state index contributed by atoms with van der Waals surface area (Å²) in [6.45, 7) is 116. The summed E-state index contributed by atoms with van der Waals surface area (Å²) in [5.41, 5.74) is 9.30. The number of benzene rings is 4. The summed E-state index contributed by atoms with van der Waals surface area (Å²) in [5.74, 6) is 4.68. The maximum Gasteiger partial charge on any atom is 0.192 e. The van der Waals surface area contributed by atoms with Crippen LogP contribution in [0.3, 0.4) is 0 Å². The number of fused-ring (bicyclic) bond motifs is 2. The molecule has 4 aromatic carbocycles. The first-order valence-electron chi connectivity index (χ1n) is 58.5. The summed E-state index contributed by atoms with van der Waals surface area (Å²) in [5, 5.41) is 4.33. The first kappa shape index (κ1) is 132. The highest BCUT2D eigenvalue weighted by molar-refractivity contribution is 7.79. The summed E-state index contributed by atoms with van der Waals surface area (Å²) in [7, 11) is -20.7. The van der Waals surface area contributed by atoms with Crippen LogP contribution in [0.1, 0.15) is 321 Å². The van der Waals surface area contributed by atoms with Gasteiger partial charge in [0.05, 0.1) is 47.8 Å². The van der Waals surface area contributed by atoms with Gasteiger partial charge < -0.3 is 44.5 Å². The van der Waals surface area contributed by atoms with Gasteiger partial charge in [-0.15, -0.1) is 0 Å². The Hall–Kier alpha value is -3.39.